The number of rotatable bonds is 2. The Morgan fingerprint density at radius 1 is 1.06 bits per heavy atom. The maximum absolute atomic E-state index is 4.34. The van der Waals surface area contributed by atoms with E-state index in [2.05, 4.69) is 22.2 Å². The summed E-state index contributed by atoms with van der Waals surface area (Å²) < 4.78 is 3.84. The van der Waals surface area contributed by atoms with E-state index in [1.54, 1.807) is 12.4 Å². The second-order valence-electron chi connectivity index (χ2n) is 3.86. The van der Waals surface area contributed by atoms with E-state index < -0.39 is 0 Å². The molecule has 2 heterocycles. The van der Waals surface area contributed by atoms with Crippen molar-refractivity contribution in [2.75, 3.05) is 0 Å². The van der Waals surface area contributed by atoms with Gasteiger partial charge in [0.05, 0.1) is 5.69 Å². The minimum absolute atomic E-state index is 0.957. The Labute approximate surface area is 99.2 Å². The van der Waals surface area contributed by atoms with E-state index >= 15 is 0 Å². The molecule has 0 aliphatic rings. The van der Waals surface area contributed by atoms with E-state index in [9.17, 15) is 0 Å². The molecule has 0 spiro atoms. The van der Waals surface area contributed by atoms with Crippen molar-refractivity contribution in [3.8, 4) is 17.1 Å². The summed E-state index contributed by atoms with van der Waals surface area (Å²) in [6, 6.07) is 10.1. The van der Waals surface area contributed by atoms with Crippen molar-refractivity contribution in [3.63, 3.8) is 0 Å². The Morgan fingerprint density at radius 2 is 2.00 bits per heavy atom. The lowest BCUT2D eigenvalue weighted by molar-refractivity contribution is 0.878. The third-order valence-electron chi connectivity index (χ3n) is 2.69. The molecule has 3 aromatic rings. The zero-order valence-corrected chi connectivity index (χ0v) is 9.49. The third kappa shape index (κ3) is 1.73. The first kappa shape index (κ1) is 9.84. The summed E-state index contributed by atoms with van der Waals surface area (Å²) in [5, 5.41) is 4.22. The summed E-state index contributed by atoms with van der Waals surface area (Å²) in [4.78, 5) is 4.34. The molecule has 0 amide bonds. The van der Waals surface area contributed by atoms with E-state index in [-0.39, 0.29) is 0 Å². The summed E-state index contributed by atoms with van der Waals surface area (Å²) in [5.41, 5.74) is 2.13. The van der Waals surface area contributed by atoms with Crippen molar-refractivity contribution in [2.45, 2.75) is 0 Å². The summed E-state index contributed by atoms with van der Waals surface area (Å²) >= 11 is 0. The van der Waals surface area contributed by atoms with Crippen molar-refractivity contribution < 1.29 is 0 Å². The third-order valence-corrected chi connectivity index (χ3v) is 2.69. The molecule has 0 saturated heterocycles. The van der Waals surface area contributed by atoms with Gasteiger partial charge in [-0.3, -0.25) is 0 Å². The molecule has 84 valence electrons. The van der Waals surface area contributed by atoms with Crippen LogP contribution in [-0.4, -0.2) is 19.3 Å². The largest absolute Gasteiger partial charge is 0.334 e. The first-order chi connectivity index (χ1) is 8.34. The van der Waals surface area contributed by atoms with Gasteiger partial charge < -0.3 is 4.57 Å². The van der Waals surface area contributed by atoms with Crippen LogP contribution in [0.5, 0.6) is 0 Å². The van der Waals surface area contributed by atoms with Gasteiger partial charge in [0.15, 0.2) is 0 Å². The topological polar surface area (TPSA) is 35.6 Å². The molecule has 0 aliphatic carbocycles. The lowest BCUT2D eigenvalue weighted by atomic mass is 10.2. The van der Waals surface area contributed by atoms with Gasteiger partial charge in [-0.2, -0.15) is 5.10 Å². The molecule has 0 saturated carbocycles. The molecule has 1 aromatic carbocycles. The van der Waals surface area contributed by atoms with Gasteiger partial charge in [0.1, 0.15) is 5.82 Å². The molecule has 2 aromatic heterocycles. The molecule has 3 rings (SSSR count). The van der Waals surface area contributed by atoms with Crippen LogP contribution in [0.1, 0.15) is 0 Å². The molecule has 17 heavy (non-hydrogen) atoms. The number of imidazole rings is 1. The van der Waals surface area contributed by atoms with Crippen LogP contribution >= 0.6 is 0 Å². The second kappa shape index (κ2) is 3.90. The van der Waals surface area contributed by atoms with Crippen molar-refractivity contribution in [3.05, 3.63) is 55.1 Å². The van der Waals surface area contributed by atoms with Crippen LogP contribution < -0.4 is 0 Å². The maximum Gasteiger partial charge on any atom is 0.139 e. The molecular formula is C13H12N4. The summed E-state index contributed by atoms with van der Waals surface area (Å²) in [6.07, 6.45) is 7.44. The highest BCUT2D eigenvalue weighted by Crippen LogP contribution is 2.19. The number of aryl methyl sites for hydroxylation is 1. The fraction of sp³-hybridized carbons (Fsp3) is 0.0769. The Bertz CT molecular complexity index is 622. The first-order valence-corrected chi connectivity index (χ1v) is 5.42. The molecule has 0 fully saturated rings. The minimum Gasteiger partial charge on any atom is -0.334 e. The number of nitrogens with zero attached hydrogens (tertiary/aromatic N) is 4. The Hall–Kier alpha value is -2.36. The number of hydrogen-bond acceptors (Lipinski definition) is 2. The van der Waals surface area contributed by atoms with Crippen molar-refractivity contribution >= 4 is 0 Å². The molecule has 0 radical (unpaired) electrons. The fourth-order valence-corrected chi connectivity index (χ4v) is 1.85. The average molecular weight is 224 g/mol. The lowest BCUT2D eigenvalue weighted by Gasteiger charge is -2.05. The van der Waals surface area contributed by atoms with Gasteiger partial charge in [0.2, 0.25) is 0 Å². The van der Waals surface area contributed by atoms with Gasteiger partial charge in [-0.05, 0) is 18.2 Å². The van der Waals surface area contributed by atoms with Crippen LogP contribution in [0.4, 0.5) is 0 Å². The molecule has 0 aliphatic heterocycles. The van der Waals surface area contributed by atoms with Gasteiger partial charge in [-0.25, -0.2) is 9.67 Å². The second-order valence-corrected chi connectivity index (χ2v) is 3.86. The smallest absolute Gasteiger partial charge is 0.139 e. The zero-order valence-electron chi connectivity index (χ0n) is 9.49. The van der Waals surface area contributed by atoms with Crippen molar-refractivity contribution in [1.29, 1.82) is 0 Å². The average Bonchev–Trinajstić information content (AvgIpc) is 2.99. The Balaban J connectivity index is 2.09. The van der Waals surface area contributed by atoms with E-state index in [0.717, 1.165) is 17.1 Å². The van der Waals surface area contributed by atoms with Gasteiger partial charge in [-0.15, -0.1) is 0 Å². The van der Waals surface area contributed by atoms with E-state index in [0.29, 0.717) is 0 Å². The highest BCUT2D eigenvalue weighted by Gasteiger charge is 2.04. The maximum atomic E-state index is 4.34. The standard InChI is InChI=1S/C13H12N4/c1-16-9-7-14-13(16)11-4-2-5-12(10-11)17-8-3-6-15-17/h2-10H,1H3. The van der Waals surface area contributed by atoms with Crippen molar-refractivity contribution in [2.24, 2.45) is 7.05 Å². The van der Waals surface area contributed by atoms with E-state index in [1.165, 1.54) is 0 Å². The molecule has 0 unspecified atom stereocenters. The Morgan fingerprint density at radius 3 is 2.71 bits per heavy atom. The molecular weight excluding hydrogens is 212 g/mol. The quantitative estimate of drug-likeness (QED) is 0.669. The molecule has 0 N–H and O–H groups in total. The predicted octanol–water partition coefficient (Wildman–Crippen LogP) is 2.27. The monoisotopic (exact) mass is 224 g/mol. The lowest BCUT2D eigenvalue weighted by Crippen LogP contribution is -1.96. The van der Waals surface area contributed by atoms with Crippen LogP contribution in [-0.2, 0) is 7.05 Å². The number of aromatic nitrogens is 4. The van der Waals surface area contributed by atoms with Gasteiger partial charge >= 0.3 is 0 Å². The van der Waals surface area contributed by atoms with Crippen LogP contribution in [0, 0.1) is 0 Å². The molecule has 4 nitrogen and oxygen atoms in total. The SMILES string of the molecule is Cn1ccnc1-c1cccc(-n2cccn2)c1. The first-order valence-electron chi connectivity index (χ1n) is 5.42. The molecule has 0 bridgehead atoms. The fourth-order valence-electron chi connectivity index (χ4n) is 1.85. The number of benzene rings is 1. The zero-order chi connectivity index (χ0) is 11.7. The van der Waals surface area contributed by atoms with Gasteiger partial charge in [0, 0.05) is 37.4 Å². The highest BCUT2D eigenvalue weighted by molar-refractivity contribution is 5.59. The molecule has 0 atom stereocenters. The van der Waals surface area contributed by atoms with Crippen LogP contribution in [0.3, 0.4) is 0 Å². The summed E-state index contributed by atoms with van der Waals surface area (Å²) in [6.45, 7) is 0. The van der Waals surface area contributed by atoms with Crippen molar-refractivity contribution in [1.82, 2.24) is 19.3 Å². The molecule has 4 heteroatoms. The predicted molar refractivity (Wildman–Crippen MR) is 65.8 cm³/mol. The van der Waals surface area contributed by atoms with Crippen LogP contribution in [0.25, 0.3) is 17.1 Å². The summed E-state index contributed by atoms with van der Waals surface area (Å²) in [5.74, 6) is 0.957. The van der Waals surface area contributed by atoms with Gasteiger partial charge in [0.25, 0.3) is 0 Å². The number of hydrogen-bond donors (Lipinski definition) is 0. The highest BCUT2D eigenvalue weighted by atomic mass is 15.3. The van der Waals surface area contributed by atoms with Gasteiger partial charge in [-0.1, -0.05) is 12.1 Å². The minimum atomic E-state index is 0.957. The normalized spacial score (nSPS) is 10.6. The van der Waals surface area contributed by atoms with E-state index in [4.69, 9.17) is 0 Å². The summed E-state index contributed by atoms with van der Waals surface area (Å²) in [7, 11) is 1.99. The Kier molecular flexibility index (Phi) is 2.26. The van der Waals surface area contributed by atoms with E-state index in [1.807, 2.05) is 46.9 Å². The van der Waals surface area contributed by atoms with Crippen LogP contribution in [0.15, 0.2) is 55.1 Å². The van der Waals surface area contributed by atoms with Crippen LogP contribution in [0.2, 0.25) is 0 Å².